The summed E-state index contributed by atoms with van der Waals surface area (Å²) in [6, 6.07) is 1.61. The Balaban J connectivity index is 3.05. The van der Waals surface area contributed by atoms with Gasteiger partial charge in [-0.3, -0.25) is 4.79 Å². The molecule has 0 radical (unpaired) electrons. The second-order valence-electron chi connectivity index (χ2n) is 3.91. The smallest absolute Gasteiger partial charge is 0.257 e. The molecule has 2 nitrogen and oxygen atoms in total. The van der Waals surface area contributed by atoms with E-state index in [1.807, 2.05) is 0 Å². The van der Waals surface area contributed by atoms with Crippen LogP contribution in [0.1, 0.15) is 15.9 Å². The van der Waals surface area contributed by atoms with Crippen LogP contribution in [0, 0.1) is 18.6 Å². The SMILES string of the molecule is Cc1cc(C(=O)N(CCBr)CC(F)F)c(F)cc1F. The van der Waals surface area contributed by atoms with Gasteiger partial charge < -0.3 is 4.90 Å². The fourth-order valence-electron chi connectivity index (χ4n) is 1.54. The summed E-state index contributed by atoms with van der Waals surface area (Å²) in [6.07, 6.45) is -2.72. The van der Waals surface area contributed by atoms with Gasteiger partial charge in [-0.05, 0) is 18.6 Å². The molecule has 0 aliphatic rings. The molecule has 0 N–H and O–H groups in total. The maximum atomic E-state index is 13.5. The number of alkyl halides is 3. The van der Waals surface area contributed by atoms with Crippen LogP contribution in [-0.4, -0.2) is 35.7 Å². The van der Waals surface area contributed by atoms with Crippen molar-refractivity contribution in [2.75, 3.05) is 18.4 Å². The van der Waals surface area contributed by atoms with Gasteiger partial charge in [0.15, 0.2) is 0 Å². The van der Waals surface area contributed by atoms with Crippen molar-refractivity contribution in [1.82, 2.24) is 4.90 Å². The quantitative estimate of drug-likeness (QED) is 0.594. The minimum absolute atomic E-state index is 0.0129. The molecular formula is C12H12BrF4NO. The van der Waals surface area contributed by atoms with Crippen LogP contribution < -0.4 is 0 Å². The van der Waals surface area contributed by atoms with Crippen LogP contribution in [0.2, 0.25) is 0 Å². The molecule has 19 heavy (non-hydrogen) atoms. The highest BCUT2D eigenvalue weighted by Crippen LogP contribution is 2.17. The van der Waals surface area contributed by atoms with Gasteiger partial charge in [0, 0.05) is 17.9 Å². The summed E-state index contributed by atoms with van der Waals surface area (Å²) in [6.45, 7) is 0.590. The molecule has 0 spiro atoms. The van der Waals surface area contributed by atoms with Crippen LogP contribution in [0.3, 0.4) is 0 Å². The summed E-state index contributed by atoms with van der Waals surface area (Å²) >= 11 is 3.03. The van der Waals surface area contributed by atoms with Crippen molar-refractivity contribution in [1.29, 1.82) is 0 Å². The first-order chi connectivity index (χ1) is 8.86. The number of carbonyl (C=O) groups excluding carboxylic acids is 1. The molecule has 1 aromatic carbocycles. The second-order valence-corrected chi connectivity index (χ2v) is 4.71. The lowest BCUT2D eigenvalue weighted by Gasteiger charge is -2.21. The van der Waals surface area contributed by atoms with Crippen molar-refractivity contribution >= 4 is 21.8 Å². The number of benzene rings is 1. The lowest BCUT2D eigenvalue weighted by atomic mass is 10.1. The van der Waals surface area contributed by atoms with Gasteiger partial charge in [0.25, 0.3) is 12.3 Å². The molecule has 0 saturated heterocycles. The second kappa shape index (κ2) is 6.88. The Kier molecular flexibility index (Phi) is 5.78. The lowest BCUT2D eigenvalue weighted by Crippen LogP contribution is -2.37. The molecule has 0 aromatic heterocycles. The Morgan fingerprint density at radius 2 is 1.95 bits per heavy atom. The first-order valence-corrected chi connectivity index (χ1v) is 6.58. The summed E-state index contributed by atoms with van der Waals surface area (Å²) in [5.41, 5.74) is -0.318. The van der Waals surface area contributed by atoms with E-state index in [0.29, 0.717) is 6.07 Å². The van der Waals surface area contributed by atoms with Crippen molar-refractivity contribution in [3.8, 4) is 0 Å². The van der Waals surface area contributed by atoms with E-state index in [9.17, 15) is 22.4 Å². The number of hydrogen-bond donors (Lipinski definition) is 0. The van der Waals surface area contributed by atoms with Gasteiger partial charge in [-0.1, -0.05) is 15.9 Å². The average molecular weight is 342 g/mol. The van der Waals surface area contributed by atoms with Gasteiger partial charge in [0.2, 0.25) is 0 Å². The Bertz CT molecular complexity index is 467. The van der Waals surface area contributed by atoms with Gasteiger partial charge in [-0.25, -0.2) is 17.6 Å². The van der Waals surface area contributed by atoms with E-state index in [0.717, 1.165) is 11.0 Å². The van der Waals surface area contributed by atoms with Crippen molar-refractivity contribution in [2.45, 2.75) is 13.3 Å². The van der Waals surface area contributed by atoms with E-state index >= 15 is 0 Å². The number of hydrogen-bond acceptors (Lipinski definition) is 1. The first-order valence-electron chi connectivity index (χ1n) is 5.45. The highest BCUT2D eigenvalue weighted by Gasteiger charge is 2.22. The number of carbonyl (C=O) groups is 1. The van der Waals surface area contributed by atoms with E-state index in [4.69, 9.17) is 0 Å². The number of halogens is 5. The zero-order valence-electron chi connectivity index (χ0n) is 10.1. The van der Waals surface area contributed by atoms with E-state index in [1.165, 1.54) is 6.92 Å². The summed E-state index contributed by atoms with van der Waals surface area (Å²) in [5.74, 6) is -2.71. The topological polar surface area (TPSA) is 20.3 Å². The minimum atomic E-state index is -2.72. The van der Waals surface area contributed by atoms with Crippen LogP contribution in [0.5, 0.6) is 0 Å². The Morgan fingerprint density at radius 3 is 2.47 bits per heavy atom. The molecule has 0 aliphatic heterocycles. The molecule has 0 fully saturated rings. The normalized spacial score (nSPS) is 10.9. The fraction of sp³-hybridized carbons (Fsp3) is 0.417. The monoisotopic (exact) mass is 341 g/mol. The van der Waals surface area contributed by atoms with Crippen LogP contribution in [0.25, 0.3) is 0 Å². The molecular weight excluding hydrogens is 330 g/mol. The minimum Gasteiger partial charge on any atom is -0.332 e. The zero-order valence-corrected chi connectivity index (χ0v) is 11.7. The van der Waals surface area contributed by atoms with Crippen LogP contribution >= 0.6 is 15.9 Å². The summed E-state index contributed by atoms with van der Waals surface area (Å²) in [4.78, 5) is 12.8. The summed E-state index contributed by atoms with van der Waals surface area (Å²) < 4.78 is 51.4. The molecule has 1 aromatic rings. The van der Waals surface area contributed by atoms with E-state index < -0.39 is 36.1 Å². The van der Waals surface area contributed by atoms with E-state index in [1.54, 1.807) is 0 Å². The highest BCUT2D eigenvalue weighted by atomic mass is 79.9. The number of amides is 1. The molecule has 0 aliphatic carbocycles. The molecule has 0 unspecified atom stereocenters. The number of nitrogens with zero attached hydrogens (tertiary/aromatic N) is 1. The first kappa shape index (κ1) is 15.9. The Morgan fingerprint density at radius 1 is 1.32 bits per heavy atom. The predicted molar refractivity (Wildman–Crippen MR) is 66.8 cm³/mol. The number of rotatable bonds is 5. The van der Waals surface area contributed by atoms with Crippen LogP contribution in [-0.2, 0) is 0 Å². The van der Waals surface area contributed by atoms with Gasteiger partial charge in [-0.15, -0.1) is 0 Å². The average Bonchev–Trinajstić information content (AvgIpc) is 2.32. The van der Waals surface area contributed by atoms with Gasteiger partial charge in [0.05, 0.1) is 12.1 Å². The fourth-order valence-corrected chi connectivity index (χ4v) is 1.96. The molecule has 0 heterocycles. The molecule has 0 atom stereocenters. The third-order valence-electron chi connectivity index (χ3n) is 2.48. The van der Waals surface area contributed by atoms with Crippen molar-refractivity contribution in [2.24, 2.45) is 0 Å². The molecule has 1 rings (SSSR count). The third-order valence-corrected chi connectivity index (χ3v) is 2.83. The van der Waals surface area contributed by atoms with Crippen molar-refractivity contribution in [3.63, 3.8) is 0 Å². The van der Waals surface area contributed by atoms with Crippen LogP contribution in [0.15, 0.2) is 12.1 Å². The third kappa shape index (κ3) is 4.19. The standard InChI is InChI=1S/C12H12BrF4NO/c1-7-4-8(10(15)5-9(7)14)12(19)18(3-2-13)6-11(16)17/h4-5,11H,2-3,6H2,1H3. The maximum absolute atomic E-state index is 13.5. The van der Waals surface area contributed by atoms with Gasteiger partial charge >= 0.3 is 0 Å². The summed E-state index contributed by atoms with van der Waals surface area (Å²) in [5, 5.41) is 0.285. The predicted octanol–water partition coefficient (Wildman–Crippen LogP) is 3.38. The molecule has 7 heteroatoms. The molecule has 0 bridgehead atoms. The molecule has 1 amide bonds. The van der Waals surface area contributed by atoms with E-state index in [2.05, 4.69) is 15.9 Å². The Labute approximate surface area is 116 Å². The van der Waals surface area contributed by atoms with Crippen molar-refractivity contribution < 1.29 is 22.4 Å². The number of aryl methyl sites for hydroxylation is 1. The van der Waals surface area contributed by atoms with Crippen LogP contribution in [0.4, 0.5) is 17.6 Å². The molecule has 106 valence electrons. The lowest BCUT2D eigenvalue weighted by molar-refractivity contribution is 0.0568. The molecule has 0 saturated carbocycles. The van der Waals surface area contributed by atoms with Crippen molar-refractivity contribution in [3.05, 3.63) is 34.9 Å². The highest BCUT2D eigenvalue weighted by molar-refractivity contribution is 9.09. The van der Waals surface area contributed by atoms with Gasteiger partial charge in [0.1, 0.15) is 11.6 Å². The van der Waals surface area contributed by atoms with E-state index in [-0.39, 0.29) is 17.4 Å². The zero-order chi connectivity index (χ0) is 14.6. The summed E-state index contributed by atoms with van der Waals surface area (Å²) in [7, 11) is 0. The maximum Gasteiger partial charge on any atom is 0.257 e. The Hall–Kier alpha value is -1.11. The largest absolute Gasteiger partial charge is 0.332 e. The van der Waals surface area contributed by atoms with Gasteiger partial charge in [-0.2, -0.15) is 0 Å².